The number of carboxylic acid groups (broad SMARTS) is 1. The molecule has 0 spiro atoms. The fourth-order valence-electron chi connectivity index (χ4n) is 3.49. The molecule has 0 aromatic rings. The van der Waals surface area contributed by atoms with Crippen molar-refractivity contribution in [2.24, 2.45) is 23.7 Å². The van der Waals surface area contributed by atoms with Crippen LogP contribution in [0.25, 0.3) is 0 Å². The van der Waals surface area contributed by atoms with Crippen molar-refractivity contribution in [3.63, 3.8) is 0 Å². The van der Waals surface area contributed by atoms with Gasteiger partial charge in [0.1, 0.15) is 0 Å². The van der Waals surface area contributed by atoms with Crippen molar-refractivity contribution < 1.29 is 19.4 Å². The van der Waals surface area contributed by atoms with Crippen LogP contribution in [0.1, 0.15) is 19.3 Å². The summed E-state index contributed by atoms with van der Waals surface area (Å²) in [6, 6.07) is 0. The fourth-order valence-corrected chi connectivity index (χ4v) is 3.49. The molecule has 4 nitrogen and oxygen atoms in total. The van der Waals surface area contributed by atoms with Crippen molar-refractivity contribution in [3.8, 4) is 0 Å². The van der Waals surface area contributed by atoms with Crippen LogP contribution in [0.3, 0.4) is 0 Å². The van der Waals surface area contributed by atoms with Crippen molar-refractivity contribution >= 4 is 11.9 Å². The van der Waals surface area contributed by atoms with Crippen LogP contribution in [-0.2, 0) is 14.3 Å². The molecule has 2 aliphatic carbocycles. The number of hydrogen-bond acceptors (Lipinski definition) is 3. The predicted octanol–water partition coefficient (Wildman–Crippen LogP) is 1.77. The van der Waals surface area contributed by atoms with E-state index < -0.39 is 17.8 Å². The molecule has 3 aliphatic rings. The minimum absolute atomic E-state index is 0.0415. The van der Waals surface area contributed by atoms with E-state index in [2.05, 4.69) is 12.2 Å². The van der Waals surface area contributed by atoms with Crippen molar-refractivity contribution in [2.45, 2.75) is 19.3 Å². The van der Waals surface area contributed by atoms with E-state index in [4.69, 9.17) is 4.74 Å². The van der Waals surface area contributed by atoms with E-state index in [1.54, 1.807) is 0 Å². The second-order valence-electron chi connectivity index (χ2n) is 5.27. The van der Waals surface area contributed by atoms with Gasteiger partial charge in [-0.05, 0) is 19.3 Å². The van der Waals surface area contributed by atoms with Crippen molar-refractivity contribution in [1.82, 2.24) is 0 Å². The molecule has 3 rings (SSSR count). The van der Waals surface area contributed by atoms with E-state index in [0.717, 1.165) is 12.8 Å². The van der Waals surface area contributed by atoms with Gasteiger partial charge in [0, 0.05) is 11.8 Å². The Labute approximate surface area is 105 Å². The van der Waals surface area contributed by atoms with E-state index in [1.807, 2.05) is 6.08 Å². The number of allylic oxidation sites excluding steroid dienone is 3. The highest BCUT2D eigenvalue weighted by Crippen LogP contribution is 2.46. The van der Waals surface area contributed by atoms with Crippen LogP contribution < -0.4 is 0 Å². The summed E-state index contributed by atoms with van der Waals surface area (Å²) in [4.78, 5) is 23.3. The largest absolute Gasteiger partial charge is 0.481 e. The van der Waals surface area contributed by atoms with Gasteiger partial charge >= 0.3 is 11.9 Å². The van der Waals surface area contributed by atoms with Gasteiger partial charge in [-0.1, -0.05) is 23.8 Å². The monoisotopic (exact) mass is 248 g/mol. The van der Waals surface area contributed by atoms with Gasteiger partial charge in [0.15, 0.2) is 0 Å². The van der Waals surface area contributed by atoms with Crippen molar-refractivity contribution in [3.05, 3.63) is 23.8 Å². The van der Waals surface area contributed by atoms with E-state index in [0.29, 0.717) is 13.0 Å². The van der Waals surface area contributed by atoms with E-state index in [-0.39, 0.29) is 17.8 Å². The van der Waals surface area contributed by atoms with Crippen LogP contribution in [0.5, 0.6) is 0 Å². The average molecular weight is 248 g/mol. The number of rotatable bonds is 1. The number of aliphatic carboxylic acids is 1. The lowest BCUT2D eigenvalue weighted by molar-refractivity contribution is -0.168. The van der Waals surface area contributed by atoms with Gasteiger partial charge in [0.25, 0.3) is 0 Å². The van der Waals surface area contributed by atoms with Gasteiger partial charge in [-0.25, -0.2) is 0 Å². The molecular formula is C14H16O4. The standard InChI is InChI=1S/C14H16O4/c15-13(16)10-6-5-8-3-1-2-4-9-7-18-14(17)12(10)11(8)9/h2,4-5,9-12H,1,3,6-7H2,(H,15,16)/t9-,10+,11+,12+/m1/s1. The smallest absolute Gasteiger partial charge is 0.310 e. The van der Waals surface area contributed by atoms with Crippen LogP contribution >= 0.6 is 0 Å². The third-order valence-corrected chi connectivity index (χ3v) is 4.33. The first-order valence-electron chi connectivity index (χ1n) is 6.43. The van der Waals surface area contributed by atoms with Crippen LogP contribution in [0.4, 0.5) is 0 Å². The topological polar surface area (TPSA) is 63.6 Å². The Bertz CT molecular complexity index is 449. The first-order valence-corrected chi connectivity index (χ1v) is 6.43. The zero-order chi connectivity index (χ0) is 12.7. The van der Waals surface area contributed by atoms with Gasteiger partial charge in [-0.15, -0.1) is 0 Å². The zero-order valence-corrected chi connectivity index (χ0v) is 10.0. The maximum Gasteiger partial charge on any atom is 0.310 e. The summed E-state index contributed by atoms with van der Waals surface area (Å²) in [6.45, 7) is 0.389. The molecule has 4 heteroatoms. The van der Waals surface area contributed by atoms with Gasteiger partial charge in [-0.2, -0.15) is 0 Å². The molecule has 18 heavy (non-hydrogen) atoms. The number of hydrogen-bond donors (Lipinski definition) is 1. The SMILES string of the molecule is O=C1OC[C@H]2C=CCCC3=CC[C@H](C(=O)O)[C@H]1[C@@H]32. The first-order chi connectivity index (χ1) is 8.68. The second kappa shape index (κ2) is 4.26. The van der Waals surface area contributed by atoms with Gasteiger partial charge < -0.3 is 9.84 Å². The van der Waals surface area contributed by atoms with E-state index >= 15 is 0 Å². The molecule has 1 fully saturated rings. The highest BCUT2D eigenvalue weighted by molar-refractivity contribution is 5.83. The minimum atomic E-state index is -0.888. The predicted molar refractivity (Wildman–Crippen MR) is 63.6 cm³/mol. The van der Waals surface area contributed by atoms with Crippen LogP contribution in [0, 0.1) is 23.7 Å². The summed E-state index contributed by atoms with van der Waals surface area (Å²) in [5.74, 6) is -2.14. The Hall–Kier alpha value is -1.58. The number of ether oxygens (including phenoxy) is 1. The Balaban J connectivity index is 2.03. The van der Waals surface area contributed by atoms with Gasteiger partial charge in [0.2, 0.25) is 0 Å². The molecule has 96 valence electrons. The summed E-state index contributed by atoms with van der Waals surface area (Å²) in [6.07, 6.45) is 8.61. The summed E-state index contributed by atoms with van der Waals surface area (Å²) < 4.78 is 5.19. The molecule has 0 bridgehead atoms. The number of carboxylic acids is 1. The molecular weight excluding hydrogens is 232 g/mol. The molecule has 0 amide bonds. The Morgan fingerprint density at radius 2 is 2.22 bits per heavy atom. The fraction of sp³-hybridized carbons (Fsp3) is 0.571. The van der Waals surface area contributed by atoms with Crippen molar-refractivity contribution in [2.75, 3.05) is 6.61 Å². The highest BCUT2D eigenvalue weighted by atomic mass is 16.5. The Morgan fingerprint density at radius 1 is 1.39 bits per heavy atom. The normalized spacial score (nSPS) is 38.2. The molecule has 0 aromatic heterocycles. The van der Waals surface area contributed by atoms with Crippen molar-refractivity contribution in [1.29, 1.82) is 0 Å². The number of cyclic esters (lactones) is 1. The Kier molecular flexibility index (Phi) is 2.73. The third-order valence-electron chi connectivity index (χ3n) is 4.33. The number of esters is 1. The maximum atomic E-state index is 11.9. The molecule has 0 radical (unpaired) electrons. The van der Waals surface area contributed by atoms with E-state index in [1.165, 1.54) is 5.57 Å². The van der Waals surface area contributed by atoms with Crippen LogP contribution in [-0.4, -0.2) is 23.7 Å². The summed E-state index contributed by atoms with van der Waals surface area (Å²) in [7, 11) is 0. The quantitative estimate of drug-likeness (QED) is 0.567. The van der Waals surface area contributed by atoms with E-state index in [9.17, 15) is 14.7 Å². The summed E-state index contributed by atoms with van der Waals surface area (Å²) in [5.41, 5.74) is 1.25. The van der Waals surface area contributed by atoms with Crippen LogP contribution in [0.2, 0.25) is 0 Å². The molecule has 0 unspecified atom stereocenters. The molecule has 4 atom stereocenters. The summed E-state index contributed by atoms with van der Waals surface area (Å²) in [5, 5.41) is 9.27. The van der Waals surface area contributed by atoms with Gasteiger partial charge in [0.05, 0.1) is 18.4 Å². The number of carbonyl (C=O) groups is 2. The lowest BCUT2D eigenvalue weighted by Crippen LogP contribution is -2.47. The molecule has 1 heterocycles. The molecule has 0 saturated carbocycles. The average Bonchev–Trinajstić information content (AvgIpc) is 2.56. The minimum Gasteiger partial charge on any atom is -0.481 e. The molecule has 1 N–H and O–H groups in total. The zero-order valence-electron chi connectivity index (χ0n) is 10.0. The molecule has 1 aliphatic heterocycles. The highest BCUT2D eigenvalue weighted by Gasteiger charge is 2.49. The molecule has 1 saturated heterocycles. The summed E-state index contributed by atoms with van der Waals surface area (Å²) >= 11 is 0. The lowest BCUT2D eigenvalue weighted by atomic mass is 9.65. The molecule has 0 aromatic carbocycles. The maximum absolute atomic E-state index is 11.9. The van der Waals surface area contributed by atoms with Gasteiger partial charge in [-0.3, -0.25) is 9.59 Å². The third kappa shape index (κ3) is 1.67. The Morgan fingerprint density at radius 3 is 3.00 bits per heavy atom. The second-order valence-corrected chi connectivity index (χ2v) is 5.27. The van der Waals surface area contributed by atoms with Crippen LogP contribution in [0.15, 0.2) is 23.8 Å². The lowest BCUT2D eigenvalue weighted by Gasteiger charge is -2.41. The number of carbonyl (C=O) groups excluding carboxylic acids is 1. The first kappa shape index (κ1) is 11.5.